The van der Waals surface area contributed by atoms with Crippen LogP contribution >= 0.6 is 11.6 Å². The van der Waals surface area contributed by atoms with Gasteiger partial charge < -0.3 is 19.9 Å². The second kappa shape index (κ2) is 14.3. The second-order valence-electron chi connectivity index (χ2n) is 12.9. The highest BCUT2D eigenvalue weighted by molar-refractivity contribution is 6.30. The fraction of sp³-hybridized carbons (Fsp3) is 0.500. The zero-order chi connectivity index (χ0) is 31.3. The molecule has 5 rings (SSSR count). The van der Waals surface area contributed by atoms with Gasteiger partial charge in [-0.05, 0) is 117 Å². The number of aromatic nitrogens is 1. The molecule has 0 saturated carbocycles. The fourth-order valence-electron chi connectivity index (χ4n) is 7.11. The first-order chi connectivity index (χ1) is 21.2. The van der Waals surface area contributed by atoms with Gasteiger partial charge >= 0.3 is 5.97 Å². The van der Waals surface area contributed by atoms with Gasteiger partial charge in [0.05, 0.1) is 13.2 Å². The molecule has 1 aromatic heterocycles. The number of halogens is 2. The number of nitrogens with zero attached hydrogens (tertiary/aromatic N) is 1. The van der Waals surface area contributed by atoms with E-state index < -0.39 is 11.5 Å². The number of hydrogen-bond acceptors (Lipinski definition) is 5. The minimum atomic E-state index is -1.20. The Bertz CT molecular complexity index is 1470. The van der Waals surface area contributed by atoms with Crippen LogP contribution in [0.1, 0.15) is 86.2 Å². The molecular formula is C36H44ClFN2O4. The van der Waals surface area contributed by atoms with Crippen LogP contribution < -0.4 is 10.1 Å². The van der Waals surface area contributed by atoms with Crippen molar-refractivity contribution in [3.8, 4) is 5.75 Å². The van der Waals surface area contributed by atoms with E-state index in [9.17, 15) is 9.90 Å². The van der Waals surface area contributed by atoms with Crippen LogP contribution in [0.25, 0.3) is 0 Å². The molecule has 0 fully saturated rings. The summed E-state index contributed by atoms with van der Waals surface area (Å²) in [5.41, 5.74) is 4.27. The van der Waals surface area contributed by atoms with Crippen molar-refractivity contribution in [3.05, 3.63) is 87.4 Å². The van der Waals surface area contributed by atoms with E-state index in [2.05, 4.69) is 24.1 Å². The van der Waals surface area contributed by atoms with Gasteiger partial charge in [0.25, 0.3) is 0 Å². The number of carboxylic acids is 1. The molecule has 0 aliphatic heterocycles. The minimum Gasteiger partial charge on any atom is -0.493 e. The van der Waals surface area contributed by atoms with Crippen molar-refractivity contribution >= 4 is 23.3 Å². The molecule has 2 aliphatic carbocycles. The van der Waals surface area contributed by atoms with E-state index in [4.69, 9.17) is 21.1 Å². The lowest BCUT2D eigenvalue weighted by Gasteiger charge is -2.33. The van der Waals surface area contributed by atoms with E-state index in [-0.39, 0.29) is 24.3 Å². The van der Waals surface area contributed by atoms with Gasteiger partial charge in [-0.15, -0.1) is 0 Å². The summed E-state index contributed by atoms with van der Waals surface area (Å²) < 4.78 is 26.8. The van der Waals surface area contributed by atoms with Crippen LogP contribution in [0.15, 0.2) is 48.7 Å². The third-order valence-corrected chi connectivity index (χ3v) is 9.67. The summed E-state index contributed by atoms with van der Waals surface area (Å²) in [4.78, 5) is 17.6. The van der Waals surface area contributed by atoms with Crippen molar-refractivity contribution in [1.82, 2.24) is 4.98 Å². The van der Waals surface area contributed by atoms with Gasteiger partial charge in [0.2, 0.25) is 0 Å². The van der Waals surface area contributed by atoms with Crippen molar-refractivity contribution in [1.29, 1.82) is 0 Å². The van der Waals surface area contributed by atoms with Crippen LogP contribution in [0.4, 0.5) is 10.1 Å². The highest BCUT2D eigenvalue weighted by atomic mass is 35.5. The molecule has 3 aromatic rings. The van der Waals surface area contributed by atoms with Crippen molar-refractivity contribution in [2.75, 3.05) is 19.0 Å². The molecule has 2 aliphatic rings. The lowest BCUT2D eigenvalue weighted by Crippen LogP contribution is -2.47. The number of carbonyl (C=O) groups is 1. The average molecular weight is 623 g/mol. The number of nitrogens with one attached hydrogen (secondary N) is 1. The minimum absolute atomic E-state index is 0.142. The van der Waals surface area contributed by atoms with E-state index in [1.165, 1.54) is 5.56 Å². The Hall–Kier alpha value is -3.16. The molecule has 0 saturated heterocycles. The Morgan fingerprint density at radius 2 is 2.02 bits per heavy atom. The standard InChI is InChI=1S/C36H44ClFN2O4/c1-23(21-44-33-12-15-39-32-9-4-6-24(2)34(32)33)16-25-10-13-36(35(41)42,40-30-8-5-7-29(37)20-30)14-11-26-18-28(22-43-3)31(38)19-27(26)17-25/h5,7-8,12,15,18-20,23-25,40H,4,6,9-11,13-14,16-17,21-22H2,1-3H3,(H,41,42)/t23-,24-,25+,36+/m1/s1. The first-order valence-electron chi connectivity index (χ1n) is 15.8. The molecule has 0 bridgehead atoms. The molecule has 2 aromatic carbocycles. The molecule has 0 radical (unpaired) electrons. The fourth-order valence-corrected chi connectivity index (χ4v) is 7.30. The molecule has 0 spiro atoms. The zero-order valence-electron chi connectivity index (χ0n) is 26.0. The van der Waals surface area contributed by atoms with Crippen molar-refractivity contribution in [2.45, 2.75) is 89.7 Å². The lowest BCUT2D eigenvalue weighted by atomic mass is 9.82. The van der Waals surface area contributed by atoms with Gasteiger partial charge in [-0.1, -0.05) is 37.6 Å². The summed E-state index contributed by atoms with van der Waals surface area (Å²) in [5.74, 6) is 0.535. The number of anilines is 1. The van der Waals surface area contributed by atoms with E-state index >= 15 is 4.39 Å². The monoisotopic (exact) mass is 622 g/mol. The number of fused-ring (bicyclic) bond motifs is 2. The Morgan fingerprint density at radius 3 is 2.80 bits per heavy atom. The SMILES string of the molecule is COCc1cc2c(cc1F)C[C@H](C[C@@H](C)COc1ccnc3c1[C@H](C)CCC3)CC[C@@](Nc1cccc(Cl)c1)(C(=O)O)CC2. The van der Waals surface area contributed by atoms with Gasteiger partial charge in [-0.3, -0.25) is 4.98 Å². The maximum absolute atomic E-state index is 15.1. The number of rotatable bonds is 10. The van der Waals surface area contributed by atoms with Crippen molar-refractivity contribution in [3.63, 3.8) is 0 Å². The summed E-state index contributed by atoms with van der Waals surface area (Å²) >= 11 is 6.25. The lowest BCUT2D eigenvalue weighted by molar-refractivity contribution is -0.143. The summed E-state index contributed by atoms with van der Waals surface area (Å²) in [6.07, 6.45) is 8.61. The van der Waals surface area contributed by atoms with Gasteiger partial charge in [-0.25, -0.2) is 9.18 Å². The predicted octanol–water partition coefficient (Wildman–Crippen LogP) is 8.39. The number of methoxy groups -OCH3 is 1. The van der Waals surface area contributed by atoms with Gasteiger partial charge in [0.1, 0.15) is 17.1 Å². The van der Waals surface area contributed by atoms with Crippen LogP contribution in [0, 0.1) is 17.7 Å². The number of aryl methyl sites for hydroxylation is 2. The highest BCUT2D eigenvalue weighted by Gasteiger charge is 2.40. The Morgan fingerprint density at radius 1 is 1.18 bits per heavy atom. The van der Waals surface area contributed by atoms with Crippen LogP contribution in [0.5, 0.6) is 5.75 Å². The van der Waals surface area contributed by atoms with Crippen LogP contribution in [-0.4, -0.2) is 35.3 Å². The summed E-state index contributed by atoms with van der Waals surface area (Å²) in [6.45, 7) is 5.15. The third kappa shape index (κ3) is 7.55. The summed E-state index contributed by atoms with van der Waals surface area (Å²) in [7, 11) is 1.55. The van der Waals surface area contributed by atoms with Crippen molar-refractivity contribution < 1.29 is 23.8 Å². The predicted molar refractivity (Wildman–Crippen MR) is 172 cm³/mol. The Kier molecular flexibility index (Phi) is 10.5. The van der Waals surface area contributed by atoms with Crippen molar-refractivity contribution in [2.24, 2.45) is 11.8 Å². The summed E-state index contributed by atoms with van der Waals surface area (Å²) in [6, 6.07) is 12.7. The quantitative estimate of drug-likeness (QED) is 0.236. The number of hydrogen-bond donors (Lipinski definition) is 2. The van der Waals surface area contributed by atoms with E-state index in [0.717, 1.165) is 48.3 Å². The maximum atomic E-state index is 15.1. The molecule has 44 heavy (non-hydrogen) atoms. The molecule has 0 amide bonds. The van der Waals surface area contributed by atoms with Gasteiger partial charge in [0.15, 0.2) is 0 Å². The van der Waals surface area contributed by atoms with Crippen LogP contribution in [-0.2, 0) is 35.4 Å². The number of aliphatic carboxylic acids is 1. The van der Waals surface area contributed by atoms with E-state index in [1.54, 1.807) is 25.3 Å². The molecule has 236 valence electrons. The first-order valence-corrected chi connectivity index (χ1v) is 16.2. The van der Waals surface area contributed by atoms with Gasteiger partial charge in [-0.2, -0.15) is 0 Å². The van der Waals surface area contributed by atoms with Crippen LogP contribution in [0.2, 0.25) is 5.02 Å². The largest absolute Gasteiger partial charge is 0.493 e. The van der Waals surface area contributed by atoms with Gasteiger partial charge in [0, 0.05) is 40.8 Å². The topological polar surface area (TPSA) is 80.7 Å². The van der Waals surface area contributed by atoms with Crippen LogP contribution in [0.3, 0.4) is 0 Å². The van der Waals surface area contributed by atoms with E-state index in [0.29, 0.717) is 60.9 Å². The molecule has 6 nitrogen and oxygen atoms in total. The normalized spacial score (nSPS) is 22.5. The Labute approximate surface area is 265 Å². The zero-order valence-corrected chi connectivity index (χ0v) is 26.8. The number of carboxylic acid groups (broad SMARTS) is 1. The molecule has 1 heterocycles. The molecule has 8 heteroatoms. The number of benzene rings is 2. The second-order valence-corrected chi connectivity index (χ2v) is 13.3. The maximum Gasteiger partial charge on any atom is 0.329 e. The average Bonchev–Trinajstić information content (AvgIpc) is 3.05. The molecule has 4 atom stereocenters. The molecular weight excluding hydrogens is 579 g/mol. The smallest absolute Gasteiger partial charge is 0.329 e. The number of pyridine rings is 1. The third-order valence-electron chi connectivity index (χ3n) is 9.43. The number of ether oxygens (including phenoxy) is 2. The highest BCUT2D eigenvalue weighted by Crippen LogP contribution is 2.38. The van der Waals surface area contributed by atoms with E-state index in [1.807, 2.05) is 30.5 Å². The molecule has 2 N–H and O–H groups in total. The first kappa shape index (κ1) is 32.2. The Balaban J connectivity index is 1.39. The summed E-state index contributed by atoms with van der Waals surface area (Å²) in [5, 5.41) is 14.5. The molecule has 0 unspecified atom stereocenters.